The number of rotatable bonds is 20. The van der Waals surface area contributed by atoms with Gasteiger partial charge in [0.1, 0.15) is 12.1 Å². The second kappa shape index (κ2) is 20.8. The van der Waals surface area contributed by atoms with E-state index in [0.29, 0.717) is 5.56 Å². The third kappa shape index (κ3) is 15.6. The molecule has 0 saturated heterocycles. The van der Waals surface area contributed by atoms with E-state index in [9.17, 15) is 38.4 Å². The van der Waals surface area contributed by atoms with Crippen molar-refractivity contribution in [1.29, 1.82) is 0 Å². The molecule has 16 heteroatoms. The van der Waals surface area contributed by atoms with Crippen LogP contribution in [0.3, 0.4) is 0 Å². The van der Waals surface area contributed by atoms with E-state index >= 15 is 0 Å². The van der Waals surface area contributed by atoms with Crippen LogP contribution < -0.4 is 26.6 Å². The summed E-state index contributed by atoms with van der Waals surface area (Å²) >= 11 is 0. The number of carbonyl (C=O) groups excluding carboxylic acids is 7. The maximum atomic E-state index is 13.4. The van der Waals surface area contributed by atoms with Gasteiger partial charge in [-0.2, -0.15) is 0 Å². The molecule has 2 atom stereocenters. The fraction of sp³-hybridized carbons (Fsp3) is 0.533. The third-order valence-electron chi connectivity index (χ3n) is 6.06. The van der Waals surface area contributed by atoms with Crippen molar-refractivity contribution >= 4 is 47.4 Å². The summed E-state index contributed by atoms with van der Waals surface area (Å²) in [5, 5.41) is 20.7. The molecule has 1 rings (SSSR count). The van der Waals surface area contributed by atoms with Crippen molar-refractivity contribution in [2.45, 2.75) is 71.5 Å². The van der Waals surface area contributed by atoms with Gasteiger partial charge in [0.05, 0.1) is 32.7 Å². The van der Waals surface area contributed by atoms with Crippen molar-refractivity contribution in [2.75, 3.05) is 26.3 Å². The van der Waals surface area contributed by atoms with E-state index in [0.717, 1.165) is 0 Å². The van der Waals surface area contributed by atoms with Gasteiger partial charge < -0.3 is 41.2 Å². The highest BCUT2D eigenvalue weighted by molar-refractivity contribution is 6.03. The van der Waals surface area contributed by atoms with Crippen LogP contribution >= 0.6 is 0 Å². The molecular formula is C30H43N5O11. The van der Waals surface area contributed by atoms with Crippen molar-refractivity contribution in [2.24, 2.45) is 5.92 Å². The Morgan fingerprint density at radius 1 is 0.696 bits per heavy atom. The second-order valence-corrected chi connectivity index (χ2v) is 10.4. The summed E-state index contributed by atoms with van der Waals surface area (Å²) in [5.74, 6) is -7.04. The van der Waals surface area contributed by atoms with Crippen molar-refractivity contribution in [3.63, 3.8) is 0 Å². The fourth-order valence-electron chi connectivity index (χ4n) is 3.94. The van der Waals surface area contributed by atoms with Crippen LogP contribution in [0.25, 0.3) is 0 Å². The first-order chi connectivity index (χ1) is 21.8. The van der Waals surface area contributed by atoms with Gasteiger partial charge in [0.15, 0.2) is 0 Å². The monoisotopic (exact) mass is 649 g/mol. The van der Waals surface area contributed by atoms with E-state index < -0.39 is 85.1 Å². The van der Waals surface area contributed by atoms with Gasteiger partial charge in [-0.15, -0.1) is 0 Å². The predicted molar refractivity (Wildman–Crippen MR) is 162 cm³/mol. The molecule has 5 amide bonds. The zero-order valence-electron chi connectivity index (χ0n) is 26.4. The molecule has 0 radical (unpaired) electrons. The number of carboxylic acids is 1. The molecule has 1 aromatic carbocycles. The number of amides is 5. The minimum Gasteiger partial charge on any atom is -0.481 e. The van der Waals surface area contributed by atoms with Gasteiger partial charge in [-0.25, -0.2) is 9.59 Å². The molecule has 0 saturated carbocycles. The molecule has 1 aromatic rings. The van der Waals surface area contributed by atoms with Crippen LogP contribution in [-0.4, -0.2) is 97.0 Å². The Morgan fingerprint density at radius 2 is 1.26 bits per heavy atom. The Balaban J connectivity index is 3.00. The number of carbonyl (C=O) groups is 8. The van der Waals surface area contributed by atoms with Gasteiger partial charge in [0, 0.05) is 12.8 Å². The normalized spacial score (nSPS) is 11.9. The lowest BCUT2D eigenvalue weighted by molar-refractivity contribution is -0.159. The Morgan fingerprint density at radius 3 is 1.80 bits per heavy atom. The first-order valence-electron chi connectivity index (χ1n) is 14.8. The summed E-state index contributed by atoms with van der Waals surface area (Å²) in [4.78, 5) is 98.4. The smallest absolute Gasteiger partial charge is 0.340 e. The molecule has 2 unspecified atom stereocenters. The van der Waals surface area contributed by atoms with Crippen molar-refractivity contribution in [3.8, 4) is 0 Å². The van der Waals surface area contributed by atoms with Crippen molar-refractivity contribution in [3.05, 3.63) is 35.9 Å². The number of hydrogen-bond acceptors (Lipinski definition) is 10. The summed E-state index contributed by atoms with van der Waals surface area (Å²) < 4.78 is 9.62. The molecule has 0 heterocycles. The van der Waals surface area contributed by atoms with E-state index in [-0.39, 0.29) is 38.4 Å². The van der Waals surface area contributed by atoms with Gasteiger partial charge >= 0.3 is 17.9 Å². The summed E-state index contributed by atoms with van der Waals surface area (Å²) in [6, 6.07) is 4.62. The number of esters is 2. The van der Waals surface area contributed by atoms with E-state index in [2.05, 4.69) is 26.6 Å². The highest BCUT2D eigenvalue weighted by Crippen LogP contribution is 2.08. The van der Waals surface area contributed by atoms with Gasteiger partial charge in [-0.1, -0.05) is 44.2 Å². The average Bonchev–Trinajstić information content (AvgIpc) is 3.00. The quantitative estimate of drug-likeness (QED) is 0.0737. The molecule has 0 aromatic heterocycles. The Bertz CT molecular complexity index is 1200. The average molecular weight is 650 g/mol. The first-order valence-corrected chi connectivity index (χ1v) is 14.8. The van der Waals surface area contributed by atoms with Crippen LogP contribution in [0.15, 0.2) is 30.3 Å². The molecular weight excluding hydrogens is 606 g/mol. The summed E-state index contributed by atoms with van der Waals surface area (Å²) in [7, 11) is 0. The number of hydrogen-bond donors (Lipinski definition) is 6. The van der Waals surface area contributed by atoms with E-state index in [4.69, 9.17) is 14.6 Å². The Labute approximate surface area is 266 Å². The summed E-state index contributed by atoms with van der Waals surface area (Å²) in [6.45, 7) is 5.39. The second-order valence-electron chi connectivity index (χ2n) is 10.4. The minimum absolute atomic E-state index is 0.0102. The van der Waals surface area contributed by atoms with Crippen molar-refractivity contribution < 1.29 is 52.9 Å². The molecule has 0 aliphatic rings. The van der Waals surface area contributed by atoms with Crippen LogP contribution in [0.5, 0.6) is 0 Å². The maximum absolute atomic E-state index is 13.4. The lowest BCUT2D eigenvalue weighted by atomic mass is 10.0. The van der Waals surface area contributed by atoms with E-state index in [1.54, 1.807) is 30.3 Å². The lowest BCUT2D eigenvalue weighted by Crippen LogP contribution is -2.57. The highest BCUT2D eigenvalue weighted by Gasteiger charge is 2.32. The van der Waals surface area contributed by atoms with Gasteiger partial charge in [-0.3, -0.25) is 28.8 Å². The number of ether oxygens (including phenoxy) is 2. The zero-order valence-corrected chi connectivity index (χ0v) is 26.4. The fourth-order valence-corrected chi connectivity index (χ4v) is 3.94. The zero-order chi connectivity index (χ0) is 34.6. The SMILES string of the molecule is CCOC(=O)C(NC(=O)CNC(=O)C(Cc1ccccc1)NC(=O)C(CC(C)C)NC(=O)CNC(=O)CCC(=O)O)C(=O)OCC. The maximum Gasteiger partial charge on any atom is 0.340 e. The molecule has 16 nitrogen and oxygen atoms in total. The van der Waals surface area contributed by atoms with Gasteiger partial charge in [0.2, 0.25) is 35.6 Å². The first kappa shape index (κ1) is 39.0. The molecule has 0 aliphatic carbocycles. The molecule has 254 valence electrons. The molecule has 0 fully saturated rings. The molecule has 6 N–H and O–H groups in total. The summed E-state index contributed by atoms with van der Waals surface area (Å²) in [5.41, 5.74) is 0.672. The van der Waals surface area contributed by atoms with Crippen LogP contribution in [-0.2, 0) is 54.3 Å². The van der Waals surface area contributed by atoms with Crippen LogP contribution in [0.1, 0.15) is 52.5 Å². The minimum atomic E-state index is -1.74. The number of carboxylic acid groups (broad SMARTS) is 1. The lowest BCUT2D eigenvalue weighted by Gasteiger charge is -2.24. The third-order valence-corrected chi connectivity index (χ3v) is 6.06. The van der Waals surface area contributed by atoms with Crippen LogP contribution in [0.4, 0.5) is 0 Å². The van der Waals surface area contributed by atoms with E-state index in [1.807, 2.05) is 13.8 Å². The van der Waals surface area contributed by atoms with E-state index in [1.165, 1.54) is 13.8 Å². The number of benzene rings is 1. The summed E-state index contributed by atoms with van der Waals surface area (Å²) in [6.07, 6.45) is -0.541. The molecule has 0 aliphatic heterocycles. The standard InChI is InChI=1S/C30H43N5O11/c1-5-45-29(43)26(30(44)46-6-2)35-24(38)17-32-27(41)21(15-19-10-8-7-9-11-19)34-28(42)20(14-18(3)4)33-23(37)16-31-22(36)12-13-25(39)40/h7-11,18,20-21,26H,5-6,12-17H2,1-4H3,(H,31,36)(H,32,41)(H,33,37)(H,34,42)(H,35,38)(H,39,40). The topological polar surface area (TPSA) is 235 Å². The van der Waals surface area contributed by atoms with Gasteiger partial charge in [-0.05, 0) is 31.7 Å². The highest BCUT2D eigenvalue weighted by atomic mass is 16.6. The largest absolute Gasteiger partial charge is 0.481 e. The predicted octanol–water partition coefficient (Wildman–Crippen LogP) is -1.05. The van der Waals surface area contributed by atoms with Crippen molar-refractivity contribution in [1.82, 2.24) is 26.6 Å². The Kier molecular flexibility index (Phi) is 17.7. The van der Waals surface area contributed by atoms with Crippen LogP contribution in [0, 0.1) is 5.92 Å². The van der Waals surface area contributed by atoms with Crippen LogP contribution in [0.2, 0.25) is 0 Å². The molecule has 46 heavy (non-hydrogen) atoms. The molecule has 0 spiro atoms. The number of aliphatic carboxylic acids is 1. The Hall–Kier alpha value is -5.02. The van der Waals surface area contributed by atoms with Gasteiger partial charge in [0.25, 0.3) is 0 Å². The molecule has 0 bridgehead atoms. The number of nitrogens with one attached hydrogen (secondary N) is 5.